The smallest absolute Gasteiger partial charge is 0.246 e. The highest BCUT2D eigenvalue weighted by atomic mass is 32.1. The van der Waals surface area contributed by atoms with Gasteiger partial charge in [0.15, 0.2) is 0 Å². The van der Waals surface area contributed by atoms with E-state index < -0.39 is 6.04 Å². The van der Waals surface area contributed by atoms with E-state index in [1.165, 1.54) is 0 Å². The predicted octanol–water partition coefficient (Wildman–Crippen LogP) is 3.54. The molecule has 5 rings (SSSR count). The van der Waals surface area contributed by atoms with E-state index in [1.807, 2.05) is 23.1 Å². The molecule has 0 radical (unpaired) electrons. The fourth-order valence-corrected chi connectivity index (χ4v) is 6.16. The lowest BCUT2D eigenvalue weighted by Gasteiger charge is -2.35. The summed E-state index contributed by atoms with van der Waals surface area (Å²) in [6.07, 6.45) is 5.12. The van der Waals surface area contributed by atoms with Crippen LogP contribution in [-0.4, -0.2) is 65.6 Å². The van der Waals surface area contributed by atoms with E-state index in [2.05, 4.69) is 33.1 Å². The number of thiazole rings is 1. The first-order valence-electron chi connectivity index (χ1n) is 12.7. The van der Waals surface area contributed by atoms with Gasteiger partial charge < -0.3 is 20.3 Å². The molecule has 0 aliphatic carbocycles. The van der Waals surface area contributed by atoms with Crippen LogP contribution < -0.4 is 10.6 Å². The summed E-state index contributed by atoms with van der Waals surface area (Å²) in [4.78, 5) is 38.1. The van der Waals surface area contributed by atoms with Gasteiger partial charge in [0.1, 0.15) is 11.0 Å². The fourth-order valence-electron chi connectivity index (χ4n) is 5.20. The molecule has 0 spiro atoms. The SMILES string of the molecule is CN[C@@H](C)C(=O)N[C@H](C(=O)N1CCCC1c1nc(-c2cccc3ncccc23)cs1)C1CCOCC1. The molecule has 0 saturated carbocycles. The average molecular weight is 508 g/mol. The van der Waals surface area contributed by atoms with Gasteiger partial charge in [-0.3, -0.25) is 14.6 Å². The maximum absolute atomic E-state index is 13.9. The molecule has 3 aromatic rings. The second-order valence-corrected chi connectivity index (χ2v) is 10.5. The lowest BCUT2D eigenvalue weighted by Crippen LogP contribution is -2.56. The maximum Gasteiger partial charge on any atom is 0.246 e. The second kappa shape index (κ2) is 11.0. The molecule has 2 amide bonds. The molecule has 2 aromatic heterocycles. The van der Waals surface area contributed by atoms with Crippen LogP contribution in [0.2, 0.25) is 0 Å². The van der Waals surface area contributed by atoms with Gasteiger partial charge in [-0.2, -0.15) is 0 Å². The van der Waals surface area contributed by atoms with E-state index in [1.54, 1.807) is 31.5 Å². The molecule has 9 heteroatoms. The van der Waals surface area contributed by atoms with Crippen molar-refractivity contribution in [1.29, 1.82) is 0 Å². The number of amides is 2. The summed E-state index contributed by atoms with van der Waals surface area (Å²) in [5, 5.41) is 10.1. The number of hydrogen-bond donors (Lipinski definition) is 2. The minimum absolute atomic E-state index is 0.00726. The molecule has 2 aliphatic rings. The minimum Gasteiger partial charge on any atom is -0.381 e. The Balaban J connectivity index is 1.40. The lowest BCUT2D eigenvalue weighted by molar-refractivity contribution is -0.140. The highest BCUT2D eigenvalue weighted by molar-refractivity contribution is 7.10. The summed E-state index contributed by atoms with van der Waals surface area (Å²) in [6, 6.07) is 9.08. The number of carbonyl (C=O) groups is 2. The van der Waals surface area contributed by atoms with Crippen molar-refractivity contribution < 1.29 is 14.3 Å². The first-order chi connectivity index (χ1) is 17.6. The highest BCUT2D eigenvalue weighted by Gasteiger charge is 2.40. The third-order valence-electron chi connectivity index (χ3n) is 7.39. The van der Waals surface area contributed by atoms with Gasteiger partial charge in [-0.1, -0.05) is 18.2 Å². The van der Waals surface area contributed by atoms with Crippen molar-refractivity contribution in [3.05, 3.63) is 46.9 Å². The molecule has 2 aliphatic heterocycles. The van der Waals surface area contributed by atoms with E-state index in [0.29, 0.717) is 19.8 Å². The van der Waals surface area contributed by atoms with E-state index in [-0.39, 0.29) is 29.8 Å². The van der Waals surface area contributed by atoms with Crippen molar-refractivity contribution in [3.8, 4) is 11.3 Å². The zero-order valence-corrected chi connectivity index (χ0v) is 21.6. The van der Waals surface area contributed by atoms with Gasteiger partial charge in [0.2, 0.25) is 11.8 Å². The first kappa shape index (κ1) is 24.8. The lowest BCUT2D eigenvalue weighted by atomic mass is 9.90. The van der Waals surface area contributed by atoms with Crippen LogP contribution in [0.15, 0.2) is 41.9 Å². The number of nitrogens with zero attached hydrogens (tertiary/aromatic N) is 3. The van der Waals surface area contributed by atoms with Crippen molar-refractivity contribution in [2.24, 2.45) is 5.92 Å². The summed E-state index contributed by atoms with van der Waals surface area (Å²) in [6.45, 7) is 3.71. The third-order valence-corrected chi connectivity index (χ3v) is 8.34. The van der Waals surface area contributed by atoms with Gasteiger partial charge in [0, 0.05) is 42.3 Å². The number of pyridine rings is 1. The van der Waals surface area contributed by atoms with Crippen LogP contribution in [0.1, 0.15) is 43.7 Å². The Bertz CT molecular complexity index is 1220. The number of nitrogens with one attached hydrogen (secondary N) is 2. The van der Waals surface area contributed by atoms with E-state index in [9.17, 15) is 9.59 Å². The Morgan fingerprint density at radius 2 is 2.00 bits per heavy atom. The van der Waals surface area contributed by atoms with E-state index in [0.717, 1.165) is 52.9 Å². The molecule has 1 aromatic carbocycles. The first-order valence-corrected chi connectivity index (χ1v) is 13.6. The Morgan fingerprint density at radius 1 is 1.17 bits per heavy atom. The molecule has 2 saturated heterocycles. The van der Waals surface area contributed by atoms with Crippen LogP contribution >= 0.6 is 11.3 Å². The number of likely N-dealkylation sites (N-methyl/N-ethyl adjacent to an activating group) is 1. The second-order valence-electron chi connectivity index (χ2n) is 9.58. The van der Waals surface area contributed by atoms with Gasteiger partial charge in [-0.15, -0.1) is 11.3 Å². The standard InChI is InChI=1S/C27H33N5O3S/c1-17(28-2)25(33)31-24(18-10-14-35-15-11-18)27(34)32-13-5-9-23(32)26-30-22(16-36-26)20-6-3-8-21-19(20)7-4-12-29-21/h3-4,6-8,12,16-18,23-24,28H,5,9-11,13-15H2,1-2H3,(H,31,33)/t17-,23?,24-/m0/s1. The van der Waals surface area contributed by atoms with Crippen molar-refractivity contribution in [2.45, 2.75) is 50.7 Å². The molecule has 0 bridgehead atoms. The molecule has 8 nitrogen and oxygen atoms in total. The Hall–Kier alpha value is -2.88. The molecule has 2 fully saturated rings. The van der Waals surface area contributed by atoms with Crippen LogP contribution in [0, 0.1) is 5.92 Å². The number of hydrogen-bond acceptors (Lipinski definition) is 7. The van der Waals surface area contributed by atoms with Crippen LogP contribution in [0.4, 0.5) is 0 Å². The summed E-state index contributed by atoms with van der Waals surface area (Å²) in [5.74, 6) is -0.0955. The number of fused-ring (bicyclic) bond motifs is 1. The number of benzene rings is 1. The van der Waals surface area contributed by atoms with Crippen molar-refractivity contribution in [1.82, 2.24) is 25.5 Å². The van der Waals surface area contributed by atoms with Gasteiger partial charge in [-0.25, -0.2) is 4.98 Å². The van der Waals surface area contributed by atoms with E-state index in [4.69, 9.17) is 9.72 Å². The molecule has 3 atom stereocenters. The highest BCUT2D eigenvalue weighted by Crippen LogP contribution is 2.38. The predicted molar refractivity (Wildman–Crippen MR) is 141 cm³/mol. The third kappa shape index (κ3) is 5.00. The Morgan fingerprint density at radius 3 is 2.81 bits per heavy atom. The number of carbonyl (C=O) groups excluding carboxylic acids is 2. The zero-order valence-electron chi connectivity index (χ0n) is 20.8. The molecule has 4 heterocycles. The van der Waals surface area contributed by atoms with Crippen LogP contribution in [-0.2, 0) is 14.3 Å². The normalized spacial score (nSPS) is 20.4. The number of ether oxygens (including phenoxy) is 1. The summed E-state index contributed by atoms with van der Waals surface area (Å²) >= 11 is 1.60. The molecule has 190 valence electrons. The zero-order chi connectivity index (χ0) is 25.1. The van der Waals surface area contributed by atoms with Gasteiger partial charge in [-0.05, 0) is 57.7 Å². The Labute approximate surface area is 215 Å². The number of likely N-dealkylation sites (tertiary alicyclic amines) is 1. The van der Waals surface area contributed by atoms with Gasteiger partial charge >= 0.3 is 0 Å². The number of aromatic nitrogens is 2. The van der Waals surface area contributed by atoms with Crippen molar-refractivity contribution in [2.75, 3.05) is 26.8 Å². The monoisotopic (exact) mass is 507 g/mol. The molecular weight excluding hydrogens is 474 g/mol. The van der Waals surface area contributed by atoms with E-state index >= 15 is 0 Å². The fraction of sp³-hybridized carbons (Fsp3) is 0.481. The minimum atomic E-state index is -0.554. The van der Waals surface area contributed by atoms with Crippen LogP contribution in [0.25, 0.3) is 22.2 Å². The average Bonchev–Trinajstić information content (AvgIpc) is 3.61. The van der Waals surface area contributed by atoms with Crippen molar-refractivity contribution >= 4 is 34.1 Å². The van der Waals surface area contributed by atoms with Gasteiger partial charge in [0.05, 0.1) is 23.3 Å². The molecule has 2 N–H and O–H groups in total. The van der Waals surface area contributed by atoms with Crippen molar-refractivity contribution in [3.63, 3.8) is 0 Å². The van der Waals surface area contributed by atoms with Gasteiger partial charge in [0.25, 0.3) is 0 Å². The summed E-state index contributed by atoms with van der Waals surface area (Å²) in [5.41, 5.74) is 2.89. The molecule has 36 heavy (non-hydrogen) atoms. The largest absolute Gasteiger partial charge is 0.381 e. The van der Waals surface area contributed by atoms with Crippen LogP contribution in [0.5, 0.6) is 0 Å². The summed E-state index contributed by atoms with van der Waals surface area (Å²) in [7, 11) is 1.75. The number of rotatable bonds is 7. The quantitative estimate of drug-likeness (QED) is 0.508. The summed E-state index contributed by atoms with van der Waals surface area (Å²) < 4.78 is 5.53. The molecular formula is C27H33N5O3S. The van der Waals surface area contributed by atoms with Crippen LogP contribution in [0.3, 0.4) is 0 Å². The Kier molecular flexibility index (Phi) is 7.59. The maximum atomic E-state index is 13.9. The topological polar surface area (TPSA) is 96.5 Å². The molecule has 1 unspecified atom stereocenters.